The number of hydrogen-bond donors (Lipinski definition) is 0. The third kappa shape index (κ3) is 7.05. The first-order valence-electron chi connectivity index (χ1n) is 20.8. The van der Waals surface area contributed by atoms with Gasteiger partial charge >= 0.3 is 6.18 Å². The molecule has 322 valence electrons. The Morgan fingerprint density at radius 3 is 0.952 bits per heavy atom. The molecule has 0 atom stereocenters. The molecule has 0 aliphatic rings. The van der Waals surface area contributed by atoms with Crippen molar-refractivity contribution in [3.8, 4) is 22.5 Å². The lowest BCUT2D eigenvalue weighted by molar-refractivity contribution is -0.137. The molecular weight excluding hydrogens is 798 g/mol. The number of fused-ring (bicyclic) bond motifs is 6. The molecule has 62 heavy (non-hydrogen) atoms. The van der Waals surface area contributed by atoms with Crippen LogP contribution in [0.4, 0.5) is 30.7 Å². The van der Waals surface area contributed by atoms with E-state index >= 15 is 26.3 Å². The second-order valence-corrected chi connectivity index (χ2v) is 20.8. The zero-order valence-electron chi connectivity index (χ0n) is 37.2. The summed E-state index contributed by atoms with van der Waals surface area (Å²) < 4.78 is 114. The van der Waals surface area contributed by atoms with Crippen molar-refractivity contribution >= 4 is 43.6 Å². The fourth-order valence-corrected chi connectivity index (χ4v) is 8.62. The Balaban J connectivity index is 1.67. The van der Waals surface area contributed by atoms with Crippen molar-refractivity contribution in [2.45, 2.75) is 111 Å². The van der Waals surface area contributed by atoms with Crippen LogP contribution in [0.5, 0.6) is 0 Å². The Bertz CT molecular complexity index is 2820. The maximum absolute atomic E-state index is 16.7. The van der Waals surface area contributed by atoms with Gasteiger partial charge in [-0.15, -0.1) is 0 Å². The standard InChI is InChI=1S/C53H51F7N2/c1-49(2,3)29-13-17-33-34-18-14-30(50(4,5)6)24-40(34)61(39(33)23-29)43-21-28(37-27-38(54)47(56)48(57)46(37)55)22-44(45(43)53(58,59)60)62-41-25-31(51(7,8)9)15-19-35(41)36-20-16-32(26-42(36)62)52(10,11)12/h13-27H,1-12H3. The van der Waals surface area contributed by atoms with E-state index in [1.54, 1.807) is 9.13 Å². The number of aromatic nitrogens is 2. The zero-order valence-corrected chi connectivity index (χ0v) is 37.2. The average Bonchev–Trinajstić information content (AvgIpc) is 3.67. The predicted molar refractivity (Wildman–Crippen MR) is 240 cm³/mol. The van der Waals surface area contributed by atoms with Crippen molar-refractivity contribution in [1.29, 1.82) is 0 Å². The molecule has 2 nitrogen and oxygen atoms in total. The summed E-state index contributed by atoms with van der Waals surface area (Å²) in [6, 6.07) is 25.8. The van der Waals surface area contributed by atoms with Crippen LogP contribution in [-0.4, -0.2) is 9.13 Å². The van der Waals surface area contributed by atoms with Crippen LogP contribution in [-0.2, 0) is 27.8 Å². The summed E-state index contributed by atoms with van der Waals surface area (Å²) in [5.74, 6) is -7.48. The number of rotatable bonds is 3. The van der Waals surface area contributed by atoms with E-state index in [1.807, 2.05) is 156 Å². The van der Waals surface area contributed by atoms with E-state index in [4.69, 9.17) is 0 Å². The van der Waals surface area contributed by atoms with E-state index in [9.17, 15) is 4.39 Å². The maximum atomic E-state index is 16.7. The first-order chi connectivity index (χ1) is 28.6. The smallest absolute Gasteiger partial charge is 0.309 e. The van der Waals surface area contributed by atoms with Crippen LogP contribution >= 0.6 is 0 Å². The Kier molecular flexibility index (Phi) is 9.71. The fraction of sp³-hybridized carbons (Fsp3) is 0.321. The summed E-state index contributed by atoms with van der Waals surface area (Å²) in [7, 11) is 0. The van der Waals surface area contributed by atoms with Crippen molar-refractivity contribution in [3.05, 3.63) is 142 Å². The fourth-order valence-electron chi connectivity index (χ4n) is 8.62. The molecule has 2 aromatic heterocycles. The highest BCUT2D eigenvalue weighted by atomic mass is 19.4. The molecule has 6 aromatic carbocycles. The van der Waals surface area contributed by atoms with Gasteiger partial charge in [-0.2, -0.15) is 13.2 Å². The summed E-state index contributed by atoms with van der Waals surface area (Å²) >= 11 is 0. The van der Waals surface area contributed by atoms with E-state index in [0.717, 1.165) is 34.4 Å². The third-order valence-corrected chi connectivity index (χ3v) is 12.3. The molecule has 0 bridgehead atoms. The van der Waals surface area contributed by atoms with Crippen LogP contribution in [0.3, 0.4) is 0 Å². The molecule has 0 spiro atoms. The van der Waals surface area contributed by atoms with E-state index < -0.39 is 62.2 Å². The van der Waals surface area contributed by atoms with Crippen molar-refractivity contribution in [2.75, 3.05) is 0 Å². The second-order valence-electron chi connectivity index (χ2n) is 20.8. The van der Waals surface area contributed by atoms with Gasteiger partial charge in [-0.05, 0) is 91.9 Å². The molecule has 8 aromatic rings. The number of halogens is 7. The molecule has 0 amide bonds. The van der Waals surface area contributed by atoms with Gasteiger partial charge < -0.3 is 9.13 Å². The Labute approximate surface area is 358 Å². The number of nitrogens with zero attached hydrogens (tertiary/aromatic N) is 2. The van der Waals surface area contributed by atoms with Crippen LogP contribution in [0.1, 0.15) is 111 Å². The molecule has 0 saturated carbocycles. The Hall–Kier alpha value is -5.57. The van der Waals surface area contributed by atoms with Crippen LogP contribution < -0.4 is 0 Å². The van der Waals surface area contributed by atoms with Gasteiger partial charge in [0.05, 0.1) is 33.4 Å². The minimum absolute atomic E-state index is 0.277. The van der Waals surface area contributed by atoms with Gasteiger partial charge in [-0.3, -0.25) is 0 Å². The Morgan fingerprint density at radius 1 is 0.371 bits per heavy atom. The van der Waals surface area contributed by atoms with Gasteiger partial charge in [-0.25, -0.2) is 17.6 Å². The predicted octanol–water partition coefficient (Wildman–Crippen LogP) is 16.3. The first-order valence-corrected chi connectivity index (χ1v) is 20.8. The average molecular weight is 849 g/mol. The molecule has 0 N–H and O–H groups in total. The van der Waals surface area contributed by atoms with Gasteiger partial charge in [-0.1, -0.05) is 132 Å². The summed E-state index contributed by atoms with van der Waals surface area (Å²) in [5, 5.41) is 2.72. The number of hydrogen-bond acceptors (Lipinski definition) is 0. The van der Waals surface area contributed by atoms with Gasteiger partial charge in [0.25, 0.3) is 0 Å². The minimum Gasteiger partial charge on any atom is -0.309 e. The summed E-state index contributed by atoms with van der Waals surface area (Å²) in [6.07, 6.45) is -5.06. The minimum atomic E-state index is -5.06. The molecule has 2 heterocycles. The highest BCUT2D eigenvalue weighted by Crippen LogP contribution is 2.48. The van der Waals surface area contributed by atoms with Gasteiger partial charge in [0.2, 0.25) is 0 Å². The molecule has 0 aliphatic heterocycles. The normalized spacial score (nSPS) is 13.4. The lowest BCUT2D eigenvalue weighted by Crippen LogP contribution is -2.17. The van der Waals surface area contributed by atoms with E-state index in [0.29, 0.717) is 49.7 Å². The molecule has 0 fully saturated rings. The molecular formula is C53H51F7N2. The van der Waals surface area contributed by atoms with Gasteiger partial charge in [0.1, 0.15) is 5.56 Å². The molecule has 0 unspecified atom stereocenters. The van der Waals surface area contributed by atoms with Crippen LogP contribution in [0.2, 0.25) is 0 Å². The molecule has 0 aliphatic carbocycles. The topological polar surface area (TPSA) is 9.86 Å². The summed E-state index contributed by atoms with van der Waals surface area (Å²) in [4.78, 5) is 0. The van der Waals surface area contributed by atoms with Gasteiger partial charge in [0, 0.05) is 27.1 Å². The number of alkyl halides is 3. The molecule has 0 radical (unpaired) electrons. The summed E-state index contributed by atoms with van der Waals surface area (Å²) in [5.41, 5.74) is 0.795. The largest absolute Gasteiger partial charge is 0.420 e. The van der Waals surface area contributed by atoms with Crippen LogP contribution in [0.15, 0.2) is 91.0 Å². The summed E-state index contributed by atoms with van der Waals surface area (Å²) in [6.45, 7) is 24.2. The highest BCUT2D eigenvalue weighted by molar-refractivity contribution is 6.11. The zero-order chi connectivity index (χ0) is 45.4. The van der Waals surface area contributed by atoms with E-state index in [1.165, 1.54) is 0 Å². The lowest BCUT2D eigenvalue weighted by atomic mass is 9.86. The molecule has 9 heteroatoms. The van der Waals surface area contributed by atoms with Crippen LogP contribution in [0, 0.1) is 23.3 Å². The Morgan fingerprint density at radius 2 is 0.677 bits per heavy atom. The van der Waals surface area contributed by atoms with E-state index in [-0.39, 0.29) is 16.9 Å². The first kappa shape index (κ1) is 43.1. The van der Waals surface area contributed by atoms with Gasteiger partial charge in [0.15, 0.2) is 23.3 Å². The van der Waals surface area contributed by atoms with Crippen LogP contribution in [0.25, 0.3) is 66.1 Å². The SMILES string of the molecule is CC(C)(C)c1ccc2c3ccc(C(C)(C)C)cc3n(-c3cc(-c4cc(F)c(F)c(F)c4F)cc(-n4c5cc(C(C)(C)C)ccc5c5ccc(C(C)(C)C)cc54)c3C(F)(F)F)c2c1. The number of benzene rings is 6. The van der Waals surface area contributed by atoms with Crippen molar-refractivity contribution in [2.24, 2.45) is 0 Å². The van der Waals surface area contributed by atoms with Crippen molar-refractivity contribution in [1.82, 2.24) is 9.13 Å². The van der Waals surface area contributed by atoms with Crippen molar-refractivity contribution in [3.63, 3.8) is 0 Å². The third-order valence-electron chi connectivity index (χ3n) is 12.3. The highest BCUT2D eigenvalue weighted by Gasteiger charge is 2.40. The lowest BCUT2D eigenvalue weighted by Gasteiger charge is -2.25. The van der Waals surface area contributed by atoms with Crippen molar-refractivity contribution < 1.29 is 30.7 Å². The maximum Gasteiger partial charge on any atom is 0.420 e. The monoisotopic (exact) mass is 848 g/mol. The molecule has 0 saturated heterocycles. The second kappa shape index (κ2) is 14.0. The van der Waals surface area contributed by atoms with E-state index in [2.05, 4.69) is 0 Å². The molecule has 8 rings (SSSR count). The quantitative estimate of drug-likeness (QED) is 0.0952.